The van der Waals surface area contributed by atoms with E-state index in [1.54, 1.807) is 0 Å². The highest BCUT2D eigenvalue weighted by Gasteiger charge is 2.32. The summed E-state index contributed by atoms with van der Waals surface area (Å²) in [6.45, 7) is 15.1. The second kappa shape index (κ2) is 16.1. The zero-order chi connectivity index (χ0) is 26.4. The van der Waals surface area contributed by atoms with E-state index >= 15 is 0 Å². The summed E-state index contributed by atoms with van der Waals surface area (Å²) in [5, 5.41) is 29.3. The number of nitrogens with one attached hydrogen (secondary N) is 8. The van der Waals surface area contributed by atoms with Gasteiger partial charge in [-0.15, -0.1) is 0 Å². The van der Waals surface area contributed by atoms with E-state index in [1.165, 1.54) is 5.56 Å². The topological polar surface area (TPSA) is 117 Å². The van der Waals surface area contributed by atoms with Crippen molar-refractivity contribution in [1.29, 1.82) is 0 Å². The number of carbonyl (C=O) groups is 1. The molecule has 37 heavy (non-hydrogen) atoms. The number of likely N-dealkylation sites (N-methyl/N-ethyl adjacent to an activating group) is 2. The molecule has 3 heterocycles. The van der Waals surface area contributed by atoms with Crippen LogP contribution in [-0.2, 0) is 11.3 Å². The number of fused-ring (bicyclic) bond motifs is 15. The van der Waals surface area contributed by atoms with Crippen LogP contribution in [0.4, 0.5) is 5.69 Å². The Kier molecular flexibility index (Phi) is 13.2. The van der Waals surface area contributed by atoms with Crippen LogP contribution >= 0.6 is 15.9 Å². The number of halogens is 1. The van der Waals surface area contributed by atoms with Crippen molar-refractivity contribution in [1.82, 2.24) is 42.1 Å². The number of nitrogens with zero attached hydrogens (tertiary/aromatic N) is 1. The fourth-order valence-electron chi connectivity index (χ4n) is 5.00. The Morgan fingerprint density at radius 3 is 1.95 bits per heavy atom. The number of anilines is 1. The Morgan fingerprint density at radius 1 is 0.892 bits per heavy atom. The van der Waals surface area contributed by atoms with E-state index in [0.717, 1.165) is 97.3 Å². The number of rotatable bonds is 7. The monoisotopic (exact) mass is 581 g/mol. The largest absolute Gasteiger partial charge is 0.325 e. The molecule has 4 rings (SSSR count). The maximum atomic E-state index is 11.7. The third kappa shape index (κ3) is 10.2. The molecule has 8 N–H and O–H groups in total. The summed E-state index contributed by atoms with van der Waals surface area (Å²) in [6.07, 6.45) is 0. The number of alkyl halides is 1. The van der Waals surface area contributed by atoms with Crippen molar-refractivity contribution >= 4 is 27.5 Å². The van der Waals surface area contributed by atoms with Crippen molar-refractivity contribution in [3.05, 3.63) is 29.8 Å². The minimum Gasteiger partial charge on any atom is -0.325 e. The molecule has 1 amide bonds. The van der Waals surface area contributed by atoms with Crippen LogP contribution in [0.5, 0.6) is 0 Å². The second-order valence-corrected chi connectivity index (χ2v) is 10.9. The fraction of sp³-hybridized carbons (Fsp3) is 0.731. The van der Waals surface area contributed by atoms with E-state index in [0.29, 0.717) is 5.33 Å². The van der Waals surface area contributed by atoms with Gasteiger partial charge in [-0.25, -0.2) is 0 Å². The lowest BCUT2D eigenvalue weighted by atomic mass is 9.96. The van der Waals surface area contributed by atoms with Crippen LogP contribution in [0.1, 0.15) is 12.5 Å². The quantitative estimate of drug-likeness (QED) is 0.194. The first-order valence-corrected chi connectivity index (χ1v) is 14.8. The molecular weight excluding hydrogens is 534 g/mol. The molecule has 210 valence electrons. The number of benzene rings is 1. The van der Waals surface area contributed by atoms with Crippen molar-refractivity contribution in [3.63, 3.8) is 0 Å². The molecule has 0 saturated carbocycles. The average Bonchev–Trinajstić information content (AvgIpc) is 2.92. The van der Waals surface area contributed by atoms with Gasteiger partial charge in [0, 0.05) is 90.8 Å². The van der Waals surface area contributed by atoms with E-state index in [2.05, 4.69) is 89.5 Å². The first-order chi connectivity index (χ1) is 18.0. The normalized spacial score (nSPS) is 27.3. The molecule has 3 fully saturated rings. The minimum atomic E-state index is -0.150. The Labute approximate surface area is 231 Å². The van der Waals surface area contributed by atoms with E-state index in [1.807, 2.05) is 12.1 Å². The number of hydrogen-bond acceptors (Lipinski definition) is 9. The van der Waals surface area contributed by atoms with E-state index in [4.69, 9.17) is 0 Å². The maximum Gasteiger partial charge on any atom is 0.235 e. The van der Waals surface area contributed by atoms with Crippen molar-refractivity contribution in [2.45, 2.75) is 24.5 Å². The number of hydrogen-bond donors (Lipinski definition) is 8. The lowest BCUT2D eigenvalue weighted by Gasteiger charge is -2.41. The highest BCUT2D eigenvalue weighted by Crippen LogP contribution is 2.12. The smallest absolute Gasteiger partial charge is 0.235 e. The van der Waals surface area contributed by atoms with Crippen molar-refractivity contribution in [2.24, 2.45) is 0 Å². The molecule has 0 atom stereocenters. The molecule has 1 aromatic carbocycles. The molecule has 10 nitrogen and oxygen atoms in total. The fourth-order valence-corrected chi connectivity index (χ4v) is 5.14. The van der Waals surface area contributed by atoms with E-state index in [9.17, 15) is 4.79 Å². The Balaban J connectivity index is 1.72. The minimum absolute atomic E-state index is 0.0118. The summed E-state index contributed by atoms with van der Waals surface area (Å²) < 4.78 is 0. The van der Waals surface area contributed by atoms with Gasteiger partial charge in [-0.05, 0) is 31.3 Å². The Hall–Kier alpha value is -1.15. The molecule has 11 heteroatoms. The molecule has 0 spiro atoms. The van der Waals surface area contributed by atoms with Gasteiger partial charge in [0.25, 0.3) is 0 Å². The van der Waals surface area contributed by atoms with Gasteiger partial charge in [0.1, 0.15) is 0 Å². The summed E-state index contributed by atoms with van der Waals surface area (Å²) in [4.78, 5) is 14.2. The summed E-state index contributed by atoms with van der Waals surface area (Å²) >= 11 is 3.19. The lowest BCUT2D eigenvalue weighted by Crippen LogP contribution is -2.66. The first kappa shape index (κ1) is 30.4. The van der Waals surface area contributed by atoms with Gasteiger partial charge in [0.2, 0.25) is 5.91 Å². The number of carbonyl (C=O) groups excluding carboxylic acids is 1. The van der Waals surface area contributed by atoms with Crippen molar-refractivity contribution in [2.75, 3.05) is 103 Å². The van der Waals surface area contributed by atoms with E-state index < -0.39 is 0 Å². The van der Waals surface area contributed by atoms with Crippen LogP contribution in [0.15, 0.2) is 24.3 Å². The van der Waals surface area contributed by atoms with Gasteiger partial charge in [0.05, 0.1) is 16.4 Å². The lowest BCUT2D eigenvalue weighted by molar-refractivity contribution is -0.113. The van der Waals surface area contributed by atoms with Crippen LogP contribution in [0, 0.1) is 0 Å². The SMILES string of the molecule is CCN1CCNCC2(NCc3ccc(NC(=O)CBr)cc3)CNCCNCC(NC)(CNCCNC2)C1. The predicted molar refractivity (Wildman–Crippen MR) is 157 cm³/mol. The molecule has 3 saturated heterocycles. The van der Waals surface area contributed by atoms with Crippen LogP contribution in [-0.4, -0.2) is 119 Å². The van der Waals surface area contributed by atoms with Gasteiger partial charge in [-0.2, -0.15) is 0 Å². The first-order valence-electron chi connectivity index (χ1n) is 13.7. The zero-order valence-electron chi connectivity index (χ0n) is 22.6. The van der Waals surface area contributed by atoms with Crippen molar-refractivity contribution < 1.29 is 4.79 Å². The molecule has 3 aliphatic heterocycles. The van der Waals surface area contributed by atoms with Gasteiger partial charge in [-0.3, -0.25) is 4.79 Å². The summed E-state index contributed by atoms with van der Waals surface area (Å²) in [5.41, 5.74) is 1.84. The molecule has 0 radical (unpaired) electrons. The molecule has 3 aliphatic rings. The molecule has 0 unspecified atom stereocenters. The van der Waals surface area contributed by atoms with Crippen LogP contribution in [0.3, 0.4) is 0 Å². The van der Waals surface area contributed by atoms with Gasteiger partial charge >= 0.3 is 0 Å². The van der Waals surface area contributed by atoms with Crippen LogP contribution < -0.4 is 42.5 Å². The molecule has 1 aromatic rings. The number of amides is 1. The Bertz CT molecular complexity index is 779. The Morgan fingerprint density at radius 2 is 1.43 bits per heavy atom. The third-order valence-electron chi connectivity index (χ3n) is 7.41. The van der Waals surface area contributed by atoms with Crippen LogP contribution in [0.2, 0.25) is 0 Å². The van der Waals surface area contributed by atoms with Gasteiger partial charge in [0.15, 0.2) is 0 Å². The molecule has 0 aliphatic carbocycles. The summed E-state index contributed by atoms with van der Waals surface area (Å²) in [5.74, 6) is -0.0466. The van der Waals surface area contributed by atoms with Crippen LogP contribution in [0.25, 0.3) is 0 Å². The second-order valence-electron chi connectivity index (χ2n) is 10.3. The highest BCUT2D eigenvalue weighted by atomic mass is 79.9. The van der Waals surface area contributed by atoms with Gasteiger partial charge in [-0.1, -0.05) is 35.0 Å². The highest BCUT2D eigenvalue weighted by molar-refractivity contribution is 9.09. The van der Waals surface area contributed by atoms with E-state index in [-0.39, 0.29) is 17.0 Å². The predicted octanol–water partition coefficient (Wildman–Crippen LogP) is -0.896. The standard InChI is InChI=1S/C26H48BrN9O/c1-3-36-13-12-33-18-25(34-15-22-4-6-23(7-5-22)35-24(37)14-27)16-29-8-10-31-19-26(21-36,28-2)20-32-11-9-30-17-25/h4-7,28-34H,3,8-21H2,1-2H3,(H,35,37). The third-order valence-corrected chi connectivity index (χ3v) is 7.92. The molecular formula is C26H48BrN9O. The zero-order valence-corrected chi connectivity index (χ0v) is 24.2. The summed E-state index contributed by atoms with van der Waals surface area (Å²) in [7, 11) is 2.09. The molecule has 2 bridgehead atoms. The average molecular weight is 583 g/mol. The maximum absolute atomic E-state index is 11.7. The van der Waals surface area contributed by atoms with Crippen molar-refractivity contribution in [3.8, 4) is 0 Å². The van der Waals surface area contributed by atoms with Gasteiger partial charge < -0.3 is 47.4 Å². The molecule has 0 aromatic heterocycles. The summed E-state index contributed by atoms with van der Waals surface area (Å²) in [6, 6.07) is 8.09.